The standard InChI is InChI=1S/C54H39N/c1-4-13-38(14-5-1)40-23-28-47(29-24-40)55(48-30-25-41(26-31-48)39-15-6-2-7-16-39)49-32-34-52-46(37-49)36-45-35-44(27-33-51(45)52)54(43-18-8-3-9-19-43)53-22-12-20-42-17-10-11-21-50(42)53/h1-35,37,54H,36H2. The summed E-state index contributed by atoms with van der Waals surface area (Å²) in [5, 5.41) is 2.58. The first-order valence-electron chi connectivity index (χ1n) is 19.2. The average molecular weight is 702 g/mol. The molecule has 9 aromatic carbocycles. The van der Waals surface area contributed by atoms with E-state index in [0.717, 1.165) is 23.5 Å². The lowest BCUT2D eigenvalue weighted by Gasteiger charge is -2.26. The third kappa shape index (κ3) is 6.20. The molecule has 0 spiro atoms. The van der Waals surface area contributed by atoms with Gasteiger partial charge in [0.25, 0.3) is 0 Å². The van der Waals surface area contributed by atoms with Gasteiger partial charge in [-0.3, -0.25) is 0 Å². The first-order chi connectivity index (χ1) is 27.3. The highest BCUT2D eigenvalue weighted by Crippen LogP contribution is 2.45. The molecule has 1 aliphatic rings. The molecule has 0 fully saturated rings. The van der Waals surface area contributed by atoms with Crippen LogP contribution in [0.25, 0.3) is 44.2 Å². The first kappa shape index (κ1) is 32.7. The van der Waals surface area contributed by atoms with Crippen LogP contribution in [0.4, 0.5) is 17.1 Å². The van der Waals surface area contributed by atoms with Crippen molar-refractivity contribution in [1.82, 2.24) is 0 Å². The molecule has 0 amide bonds. The van der Waals surface area contributed by atoms with E-state index in [1.807, 2.05) is 0 Å². The van der Waals surface area contributed by atoms with Crippen LogP contribution < -0.4 is 4.90 Å². The van der Waals surface area contributed by atoms with E-state index in [2.05, 4.69) is 223 Å². The lowest BCUT2D eigenvalue weighted by Crippen LogP contribution is -2.10. The minimum absolute atomic E-state index is 0.130. The van der Waals surface area contributed by atoms with Gasteiger partial charge in [-0.05, 0) is 115 Å². The Labute approximate surface area is 323 Å². The molecular weight excluding hydrogens is 663 g/mol. The van der Waals surface area contributed by atoms with Gasteiger partial charge in [0.15, 0.2) is 0 Å². The molecule has 1 unspecified atom stereocenters. The summed E-state index contributed by atoms with van der Waals surface area (Å²) in [4.78, 5) is 2.39. The van der Waals surface area contributed by atoms with E-state index in [4.69, 9.17) is 0 Å². The van der Waals surface area contributed by atoms with Crippen molar-refractivity contribution in [3.05, 3.63) is 246 Å². The maximum absolute atomic E-state index is 2.47. The fourth-order valence-electron chi connectivity index (χ4n) is 8.55. The quantitative estimate of drug-likeness (QED) is 0.143. The van der Waals surface area contributed by atoms with E-state index in [1.165, 1.54) is 72.0 Å². The summed E-state index contributed by atoms with van der Waals surface area (Å²) in [6.45, 7) is 0. The summed E-state index contributed by atoms with van der Waals surface area (Å²) in [6.07, 6.45) is 0.900. The van der Waals surface area contributed by atoms with Crippen molar-refractivity contribution in [2.24, 2.45) is 0 Å². The van der Waals surface area contributed by atoms with Gasteiger partial charge in [-0.2, -0.15) is 0 Å². The van der Waals surface area contributed by atoms with Gasteiger partial charge >= 0.3 is 0 Å². The molecule has 55 heavy (non-hydrogen) atoms. The highest BCUT2D eigenvalue weighted by atomic mass is 15.1. The van der Waals surface area contributed by atoms with Crippen LogP contribution in [-0.4, -0.2) is 0 Å². The Bertz CT molecular complexity index is 2660. The van der Waals surface area contributed by atoms with E-state index < -0.39 is 0 Å². The summed E-state index contributed by atoms with van der Waals surface area (Å²) < 4.78 is 0. The molecule has 9 aromatic rings. The molecule has 1 atom stereocenters. The van der Waals surface area contributed by atoms with Crippen molar-refractivity contribution in [3.8, 4) is 33.4 Å². The van der Waals surface area contributed by atoms with Crippen molar-refractivity contribution in [3.63, 3.8) is 0 Å². The van der Waals surface area contributed by atoms with Crippen molar-refractivity contribution < 1.29 is 0 Å². The van der Waals surface area contributed by atoms with Gasteiger partial charge in [-0.25, -0.2) is 0 Å². The van der Waals surface area contributed by atoms with Crippen LogP contribution in [0.2, 0.25) is 0 Å². The van der Waals surface area contributed by atoms with Crippen LogP contribution in [0.1, 0.15) is 33.7 Å². The molecular formula is C54H39N. The molecule has 0 aromatic heterocycles. The highest BCUT2D eigenvalue weighted by Gasteiger charge is 2.25. The molecule has 0 bridgehead atoms. The van der Waals surface area contributed by atoms with Crippen molar-refractivity contribution >= 4 is 27.8 Å². The number of hydrogen-bond donors (Lipinski definition) is 0. The minimum Gasteiger partial charge on any atom is -0.310 e. The number of hydrogen-bond acceptors (Lipinski definition) is 1. The zero-order valence-electron chi connectivity index (χ0n) is 30.5. The van der Waals surface area contributed by atoms with Gasteiger partial charge in [-0.15, -0.1) is 0 Å². The second-order valence-electron chi connectivity index (χ2n) is 14.5. The van der Waals surface area contributed by atoms with Gasteiger partial charge in [0.1, 0.15) is 0 Å². The lowest BCUT2D eigenvalue weighted by molar-refractivity contribution is 0.984. The van der Waals surface area contributed by atoms with Crippen molar-refractivity contribution in [1.29, 1.82) is 0 Å². The number of benzene rings is 9. The fourth-order valence-corrected chi connectivity index (χ4v) is 8.55. The molecule has 0 aliphatic heterocycles. The van der Waals surface area contributed by atoms with Gasteiger partial charge in [-0.1, -0.05) is 182 Å². The van der Waals surface area contributed by atoms with Crippen LogP contribution in [0.5, 0.6) is 0 Å². The zero-order valence-corrected chi connectivity index (χ0v) is 30.5. The van der Waals surface area contributed by atoms with E-state index >= 15 is 0 Å². The molecule has 0 N–H and O–H groups in total. The smallest absolute Gasteiger partial charge is 0.0464 e. The lowest BCUT2D eigenvalue weighted by atomic mass is 9.82. The number of nitrogens with zero attached hydrogens (tertiary/aromatic N) is 1. The Kier molecular flexibility index (Phi) is 8.39. The van der Waals surface area contributed by atoms with E-state index in [1.54, 1.807) is 0 Å². The topological polar surface area (TPSA) is 3.24 Å². The Balaban J connectivity index is 1.03. The summed E-state index contributed by atoms with van der Waals surface area (Å²) in [5.74, 6) is 0.130. The fraction of sp³-hybridized carbons (Fsp3) is 0.0370. The summed E-state index contributed by atoms with van der Waals surface area (Å²) in [5.41, 5.74) is 17.7. The number of fused-ring (bicyclic) bond motifs is 4. The second kappa shape index (κ2) is 14.1. The molecule has 0 saturated carbocycles. The average Bonchev–Trinajstić information content (AvgIpc) is 3.63. The van der Waals surface area contributed by atoms with Crippen LogP contribution >= 0.6 is 0 Å². The first-order valence-corrected chi connectivity index (χ1v) is 19.2. The largest absolute Gasteiger partial charge is 0.310 e. The normalized spacial score (nSPS) is 12.2. The molecule has 1 aliphatic carbocycles. The zero-order chi connectivity index (χ0) is 36.6. The van der Waals surface area contributed by atoms with Crippen LogP contribution in [0, 0.1) is 0 Å². The summed E-state index contributed by atoms with van der Waals surface area (Å²) >= 11 is 0. The molecule has 10 rings (SSSR count). The SMILES string of the molecule is c1ccc(-c2ccc(N(c3ccc(-c4ccccc4)cc3)c3ccc4c(c3)Cc3cc(C(c5ccccc5)c5cccc6ccccc56)ccc3-4)cc2)cc1. The van der Waals surface area contributed by atoms with E-state index in [-0.39, 0.29) is 5.92 Å². The predicted octanol–water partition coefficient (Wildman–Crippen LogP) is 14.4. The maximum Gasteiger partial charge on any atom is 0.0464 e. The van der Waals surface area contributed by atoms with Crippen LogP contribution in [0.3, 0.4) is 0 Å². The highest BCUT2D eigenvalue weighted by molar-refractivity contribution is 5.88. The number of anilines is 3. The Morgan fingerprint density at radius 1 is 0.345 bits per heavy atom. The molecule has 0 heterocycles. The molecule has 1 heteroatoms. The van der Waals surface area contributed by atoms with Gasteiger partial charge < -0.3 is 4.90 Å². The van der Waals surface area contributed by atoms with Gasteiger partial charge in [0.05, 0.1) is 0 Å². The summed E-state index contributed by atoms with van der Waals surface area (Å²) in [6, 6.07) is 79.8. The minimum atomic E-state index is 0.130. The van der Waals surface area contributed by atoms with E-state index in [9.17, 15) is 0 Å². The maximum atomic E-state index is 2.47. The third-order valence-electron chi connectivity index (χ3n) is 11.2. The predicted molar refractivity (Wildman–Crippen MR) is 232 cm³/mol. The molecule has 0 radical (unpaired) electrons. The van der Waals surface area contributed by atoms with Crippen LogP contribution in [-0.2, 0) is 6.42 Å². The molecule has 1 nitrogen and oxygen atoms in total. The Hall–Kier alpha value is -6.96. The van der Waals surface area contributed by atoms with E-state index in [0.29, 0.717) is 0 Å². The Morgan fingerprint density at radius 3 is 1.47 bits per heavy atom. The summed E-state index contributed by atoms with van der Waals surface area (Å²) in [7, 11) is 0. The number of rotatable bonds is 8. The van der Waals surface area contributed by atoms with Gasteiger partial charge in [0.2, 0.25) is 0 Å². The van der Waals surface area contributed by atoms with Gasteiger partial charge in [0, 0.05) is 23.0 Å². The Morgan fingerprint density at radius 2 is 0.836 bits per heavy atom. The molecule has 260 valence electrons. The monoisotopic (exact) mass is 701 g/mol. The third-order valence-corrected chi connectivity index (χ3v) is 11.2. The van der Waals surface area contributed by atoms with Crippen molar-refractivity contribution in [2.75, 3.05) is 4.90 Å². The van der Waals surface area contributed by atoms with Crippen molar-refractivity contribution in [2.45, 2.75) is 12.3 Å². The second-order valence-corrected chi connectivity index (χ2v) is 14.5. The molecule has 0 saturated heterocycles. The van der Waals surface area contributed by atoms with Crippen LogP contribution in [0.15, 0.2) is 218 Å².